The number of anilines is 1. The van der Waals surface area contributed by atoms with Crippen LogP contribution in [0.3, 0.4) is 0 Å². The molecule has 0 bridgehead atoms. The second-order valence-corrected chi connectivity index (χ2v) is 10.9. The smallest absolute Gasteiger partial charge is 0.267 e. The van der Waals surface area contributed by atoms with E-state index in [-0.39, 0.29) is 16.9 Å². The maximum atomic E-state index is 13.0. The highest BCUT2D eigenvalue weighted by Gasteiger charge is 2.26. The van der Waals surface area contributed by atoms with Gasteiger partial charge in [-0.2, -0.15) is 10.1 Å². The quantitative estimate of drug-likeness (QED) is 0.377. The third-order valence-corrected chi connectivity index (χ3v) is 7.61. The molecule has 0 saturated carbocycles. The van der Waals surface area contributed by atoms with E-state index in [9.17, 15) is 8.42 Å². The van der Waals surface area contributed by atoms with Crippen molar-refractivity contribution >= 4 is 16.0 Å². The Bertz CT molecular complexity index is 1490. The van der Waals surface area contributed by atoms with Crippen molar-refractivity contribution in [2.24, 2.45) is 7.05 Å². The normalized spacial score (nSPS) is 16.1. The van der Waals surface area contributed by atoms with Crippen LogP contribution in [0.4, 0.5) is 5.95 Å². The molecule has 1 saturated heterocycles. The van der Waals surface area contributed by atoms with Crippen molar-refractivity contribution in [3.8, 4) is 17.1 Å². The van der Waals surface area contributed by atoms with E-state index < -0.39 is 10.0 Å². The number of hydrogen-bond donors (Lipinski definition) is 1. The van der Waals surface area contributed by atoms with Gasteiger partial charge in [0.1, 0.15) is 11.0 Å². The number of ether oxygens (including phenoxy) is 1. The summed E-state index contributed by atoms with van der Waals surface area (Å²) in [6.45, 7) is 6.44. The Hall–Kier alpha value is -3.83. The second kappa shape index (κ2) is 10.3. The van der Waals surface area contributed by atoms with Crippen molar-refractivity contribution in [3.05, 3.63) is 77.9 Å². The van der Waals surface area contributed by atoms with Gasteiger partial charge in [0.05, 0.1) is 11.9 Å². The van der Waals surface area contributed by atoms with Gasteiger partial charge >= 0.3 is 0 Å². The summed E-state index contributed by atoms with van der Waals surface area (Å²) in [7, 11) is -2.27. The van der Waals surface area contributed by atoms with E-state index in [0.717, 1.165) is 42.7 Å². The third kappa shape index (κ3) is 5.78. The van der Waals surface area contributed by atoms with Crippen molar-refractivity contribution in [2.45, 2.75) is 37.8 Å². The minimum Gasteiger partial charge on any atom is -0.473 e. The molecule has 1 N–H and O–H groups in total. The van der Waals surface area contributed by atoms with Crippen LogP contribution in [0.15, 0.2) is 66.1 Å². The molecule has 1 aliphatic rings. The molecular formula is C26H29N7O3S. The predicted molar refractivity (Wildman–Crippen MR) is 140 cm³/mol. The van der Waals surface area contributed by atoms with Crippen molar-refractivity contribution in [3.63, 3.8) is 0 Å². The first-order chi connectivity index (χ1) is 17.8. The van der Waals surface area contributed by atoms with Crippen LogP contribution in [0.5, 0.6) is 5.88 Å². The van der Waals surface area contributed by atoms with Gasteiger partial charge in [0, 0.05) is 56.9 Å². The van der Waals surface area contributed by atoms with Gasteiger partial charge < -0.3 is 4.74 Å². The van der Waals surface area contributed by atoms with E-state index in [1.54, 1.807) is 25.5 Å². The van der Waals surface area contributed by atoms with Crippen molar-refractivity contribution in [1.82, 2.24) is 29.6 Å². The number of sulfonamides is 1. The van der Waals surface area contributed by atoms with Crippen molar-refractivity contribution in [1.29, 1.82) is 0 Å². The Morgan fingerprint density at radius 2 is 1.86 bits per heavy atom. The fourth-order valence-corrected chi connectivity index (χ4v) is 5.48. The molecule has 0 amide bonds. The lowest BCUT2D eigenvalue weighted by molar-refractivity contribution is 0.191. The first kappa shape index (κ1) is 24.8. The summed E-state index contributed by atoms with van der Waals surface area (Å²) in [5.41, 5.74) is 4.76. The zero-order chi connectivity index (χ0) is 26.0. The number of nitrogens with zero attached hydrogens (tertiary/aromatic N) is 6. The van der Waals surface area contributed by atoms with Gasteiger partial charge in [0.25, 0.3) is 10.0 Å². The summed E-state index contributed by atoms with van der Waals surface area (Å²) in [6.07, 6.45) is 7.05. The van der Waals surface area contributed by atoms with Crippen LogP contribution >= 0.6 is 0 Å². The highest BCUT2D eigenvalue weighted by atomic mass is 32.2. The monoisotopic (exact) mass is 519 g/mol. The van der Waals surface area contributed by atoms with E-state index in [1.165, 1.54) is 22.6 Å². The fraction of sp³-hybridized carbons (Fsp3) is 0.308. The summed E-state index contributed by atoms with van der Waals surface area (Å²) in [4.78, 5) is 15.4. The van der Waals surface area contributed by atoms with Gasteiger partial charge in [0.15, 0.2) is 0 Å². The van der Waals surface area contributed by atoms with Gasteiger partial charge in [-0.05, 0) is 49.1 Å². The lowest BCUT2D eigenvalue weighted by atomic mass is 10.00. The number of nitrogens with one attached hydrogen (secondary N) is 1. The number of pyridine rings is 1. The van der Waals surface area contributed by atoms with E-state index in [1.807, 2.05) is 44.2 Å². The van der Waals surface area contributed by atoms with Gasteiger partial charge in [-0.3, -0.25) is 14.6 Å². The van der Waals surface area contributed by atoms with Crippen LogP contribution in [0, 0.1) is 13.8 Å². The van der Waals surface area contributed by atoms with Crippen LogP contribution in [-0.2, 0) is 23.6 Å². The largest absolute Gasteiger partial charge is 0.473 e. The molecule has 10 nitrogen and oxygen atoms in total. The van der Waals surface area contributed by atoms with Crippen LogP contribution < -0.4 is 9.46 Å². The summed E-state index contributed by atoms with van der Waals surface area (Å²) >= 11 is 0. The third-order valence-electron chi connectivity index (χ3n) is 6.33. The van der Waals surface area contributed by atoms with Gasteiger partial charge in [-0.1, -0.05) is 18.2 Å². The van der Waals surface area contributed by atoms with E-state index in [0.29, 0.717) is 11.6 Å². The van der Waals surface area contributed by atoms with Crippen molar-refractivity contribution < 1.29 is 13.2 Å². The Labute approximate surface area is 216 Å². The molecule has 4 heterocycles. The van der Waals surface area contributed by atoms with E-state index in [4.69, 9.17) is 4.74 Å². The van der Waals surface area contributed by atoms with E-state index >= 15 is 0 Å². The molecule has 37 heavy (non-hydrogen) atoms. The zero-order valence-electron chi connectivity index (χ0n) is 21.0. The average Bonchev–Trinajstić information content (AvgIpc) is 3.48. The summed E-state index contributed by atoms with van der Waals surface area (Å²) in [6, 6.07) is 11.8. The van der Waals surface area contributed by atoms with Gasteiger partial charge in [0.2, 0.25) is 11.8 Å². The summed E-state index contributed by atoms with van der Waals surface area (Å²) < 4.78 is 36.2. The molecule has 0 radical (unpaired) electrons. The Balaban J connectivity index is 1.42. The first-order valence-electron chi connectivity index (χ1n) is 12.0. The molecule has 1 aliphatic heterocycles. The molecule has 1 unspecified atom stereocenters. The summed E-state index contributed by atoms with van der Waals surface area (Å²) in [5.74, 6) is 0.276. The lowest BCUT2D eigenvalue weighted by Crippen LogP contribution is -2.25. The Kier molecular flexibility index (Phi) is 6.90. The molecule has 11 heteroatoms. The van der Waals surface area contributed by atoms with Gasteiger partial charge in [-0.25, -0.2) is 18.1 Å². The second-order valence-electron chi connectivity index (χ2n) is 9.26. The molecule has 5 rings (SSSR count). The molecule has 1 aromatic carbocycles. The van der Waals surface area contributed by atoms with Crippen LogP contribution in [0.2, 0.25) is 0 Å². The molecule has 192 valence electrons. The topological polar surface area (TPSA) is 115 Å². The first-order valence-corrected chi connectivity index (χ1v) is 13.5. The molecular weight excluding hydrogens is 490 g/mol. The Morgan fingerprint density at radius 3 is 2.57 bits per heavy atom. The number of benzene rings is 1. The Morgan fingerprint density at radius 1 is 1.11 bits per heavy atom. The zero-order valence-corrected chi connectivity index (χ0v) is 21.8. The highest BCUT2D eigenvalue weighted by Crippen LogP contribution is 2.30. The number of aromatic nitrogens is 5. The molecule has 1 atom stereocenters. The fourth-order valence-electron chi connectivity index (χ4n) is 4.55. The summed E-state index contributed by atoms with van der Waals surface area (Å²) in [5, 5.41) is 3.96. The van der Waals surface area contributed by atoms with Crippen LogP contribution in [0.25, 0.3) is 11.3 Å². The minimum atomic E-state index is -3.93. The number of aryl methyl sites for hydroxylation is 3. The maximum Gasteiger partial charge on any atom is 0.267 e. The van der Waals surface area contributed by atoms with Gasteiger partial charge in [-0.15, -0.1) is 0 Å². The van der Waals surface area contributed by atoms with Crippen LogP contribution in [-0.4, -0.2) is 57.2 Å². The molecule has 1 fully saturated rings. The number of hydrogen-bond acceptors (Lipinski definition) is 8. The molecule has 4 aromatic rings. The lowest BCUT2D eigenvalue weighted by Gasteiger charge is -2.18. The maximum absolute atomic E-state index is 13.0. The minimum absolute atomic E-state index is 0.0288. The average molecular weight is 520 g/mol. The molecule has 0 aliphatic carbocycles. The predicted octanol–water partition coefficient (Wildman–Crippen LogP) is 3.34. The molecule has 0 spiro atoms. The standard InChI is InChI=1S/C26H29N7O3S/c1-18-5-4-6-19(2)25(18)23-13-24(30-26(29-23)31-37(34,35)22-14-28-32(3)17-22)36-21-9-12-33(16-21)15-20-7-10-27-11-8-20/h4-8,10-11,13-14,17,21H,9,12,15-16H2,1-3H3,(H,29,30,31). The SMILES string of the molecule is Cc1cccc(C)c1-c1cc(OC2CCN(Cc3ccncc3)C2)nc(NS(=O)(=O)c2cnn(C)c2)n1. The number of rotatable bonds is 8. The number of likely N-dealkylation sites (tertiary alicyclic amines) is 1. The van der Waals surface area contributed by atoms with Crippen LogP contribution in [0.1, 0.15) is 23.1 Å². The highest BCUT2D eigenvalue weighted by molar-refractivity contribution is 7.92. The van der Waals surface area contributed by atoms with Crippen molar-refractivity contribution in [2.75, 3.05) is 17.8 Å². The molecule has 3 aromatic heterocycles. The van der Waals surface area contributed by atoms with E-state index in [2.05, 4.69) is 29.7 Å².